The van der Waals surface area contributed by atoms with Gasteiger partial charge in [0.05, 0.1) is 17.4 Å². The number of rotatable bonds is 4. The third-order valence-electron chi connectivity index (χ3n) is 2.89. The van der Waals surface area contributed by atoms with Crippen LogP contribution in [0.1, 0.15) is 32.8 Å². The lowest BCUT2D eigenvalue weighted by Crippen LogP contribution is -2.24. The van der Waals surface area contributed by atoms with Crippen molar-refractivity contribution in [1.29, 1.82) is 5.26 Å². The molecule has 0 saturated heterocycles. The van der Waals surface area contributed by atoms with Crippen LogP contribution in [0.15, 0.2) is 12.3 Å². The van der Waals surface area contributed by atoms with E-state index in [-0.39, 0.29) is 6.04 Å². The van der Waals surface area contributed by atoms with Gasteiger partial charge in [-0.2, -0.15) is 5.26 Å². The molecule has 16 heavy (non-hydrogen) atoms. The maximum atomic E-state index is 8.97. The first-order chi connectivity index (χ1) is 7.58. The molecule has 0 amide bonds. The lowest BCUT2D eigenvalue weighted by Gasteiger charge is -2.20. The largest absolute Gasteiger partial charge is 0.397 e. The number of pyridine rings is 1. The highest BCUT2D eigenvalue weighted by Crippen LogP contribution is 2.18. The van der Waals surface area contributed by atoms with E-state index in [0.29, 0.717) is 23.0 Å². The molecule has 0 aliphatic carbocycles. The van der Waals surface area contributed by atoms with E-state index in [4.69, 9.17) is 11.0 Å². The van der Waals surface area contributed by atoms with Crippen molar-refractivity contribution in [3.63, 3.8) is 0 Å². The highest BCUT2D eigenvalue weighted by atomic mass is 15.0. The zero-order valence-corrected chi connectivity index (χ0v) is 9.99. The minimum atomic E-state index is 0.285. The second-order valence-corrected chi connectivity index (χ2v) is 4.10. The van der Waals surface area contributed by atoms with E-state index in [1.807, 2.05) is 0 Å². The first kappa shape index (κ1) is 12.3. The van der Waals surface area contributed by atoms with E-state index in [1.54, 1.807) is 12.3 Å². The van der Waals surface area contributed by atoms with Crippen LogP contribution < -0.4 is 11.1 Å². The van der Waals surface area contributed by atoms with Crippen molar-refractivity contribution in [3.8, 4) is 6.07 Å². The van der Waals surface area contributed by atoms with Crippen LogP contribution in [0, 0.1) is 17.2 Å². The standard InChI is InChI=1S/C12H18N4/c1-4-8(2)9(3)16-12-10(6-13)5-11(14)7-15-12/h5,7-9H,4,14H2,1-3H3,(H,15,16). The van der Waals surface area contributed by atoms with Crippen molar-refractivity contribution >= 4 is 11.5 Å². The minimum absolute atomic E-state index is 0.285. The van der Waals surface area contributed by atoms with Crippen LogP contribution >= 0.6 is 0 Å². The van der Waals surface area contributed by atoms with Crippen molar-refractivity contribution in [3.05, 3.63) is 17.8 Å². The molecule has 86 valence electrons. The van der Waals surface area contributed by atoms with Crippen LogP contribution in [0.5, 0.6) is 0 Å². The molecule has 4 heteroatoms. The van der Waals surface area contributed by atoms with Crippen molar-refractivity contribution in [1.82, 2.24) is 4.98 Å². The monoisotopic (exact) mass is 218 g/mol. The van der Waals surface area contributed by atoms with Gasteiger partial charge in [0, 0.05) is 6.04 Å². The molecule has 1 aromatic heterocycles. The molecule has 2 atom stereocenters. The maximum absolute atomic E-state index is 8.97. The van der Waals surface area contributed by atoms with Gasteiger partial charge in [-0.1, -0.05) is 20.3 Å². The number of nitrogens with one attached hydrogen (secondary N) is 1. The van der Waals surface area contributed by atoms with E-state index in [0.717, 1.165) is 6.42 Å². The Hall–Kier alpha value is -1.76. The normalized spacial score (nSPS) is 13.9. The summed E-state index contributed by atoms with van der Waals surface area (Å²) in [6, 6.07) is 4.02. The number of anilines is 2. The molecule has 1 aromatic rings. The second-order valence-electron chi connectivity index (χ2n) is 4.10. The van der Waals surface area contributed by atoms with Gasteiger partial charge in [0.25, 0.3) is 0 Å². The van der Waals surface area contributed by atoms with E-state index >= 15 is 0 Å². The van der Waals surface area contributed by atoms with Crippen LogP contribution in [0.2, 0.25) is 0 Å². The van der Waals surface area contributed by atoms with Crippen LogP contribution in [0.25, 0.3) is 0 Å². The fourth-order valence-corrected chi connectivity index (χ4v) is 1.39. The molecule has 0 saturated carbocycles. The zero-order chi connectivity index (χ0) is 12.1. The SMILES string of the molecule is CCC(C)C(C)Nc1ncc(N)cc1C#N. The number of aromatic nitrogens is 1. The van der Waals surface area contributed by atoms with Crippen LogP contribution in [-0.2, 0) is 0 Å². The highest BCUT2D eigenvalue weighted by molar-refractivity contribution is 5.57. The first-order valence-corrected chi connectivity index (χ1v) is 5.50. The molecular formula is C12H18N4. The summed E-state index contributed by atoms with van der Waals surface area (Å²) in [5.74, 6) is 1.15. The molecule has 0 radical (unpaired) electrons. The summed E-state index contributed by atoms with van der Waals surface area (Å²) in [6.07, 6.45) is 2.65. The molecule has 1 heterocycles. The van der Waals surface area contributed by atoms with Gasteiger partial charge in [-0.25, -0.2) is 4.98 Å². The summed E-state index contributed by atoms with van der Waals surface area (Å²) >= 11 is 0. The molecule has 0 aromatic carbocycles. The fraction of sp³-hybridized carbons (Fsp3) is 0.500. The Kier molecular flexibility index (Phi) is 4.12. The molecule has 0 fully saturated rings. The molecule has 0 aliphatic heterocycles. The number of nitriles is 1. The Morgan fingerprint density at radius 3 is 2.81 bits per heavy atom. The summed E-state index contributed by atoms with van der Waals surface area (Å²) in [6.45, 7) is 6.40. The minimum Gasteiger partial charge on any atom is -0.397 e. The van der Waals surface area contributed by atoms with Crippen molar-refractivity contribution in [2.45, 2.75) is 33.2 Å². The van der Waals surface area contributed by atoms with Gasteiger partial charge in [0.15, 0.2) is 0 Å². The summed E-state index contributed by atoms with van der Waals surface area (Å²) in [7, 11) is 0. The lowest BCUT2D eigenvalue weighted by molar-refractivity contribution is 0.493. The number of hydrogen-bond donors (Lipinski definition) is 2. The molecular weight excluding hydrogens is 200 g/mol. The predicted molar refractivity (Wildman–Crippen MR) is 65.9 cm³/mol. The Morgan fingerprint density at radius 1 is 1.56 bits per heavy atom. The van der Waals surface area contributed by atoms with Gasteiger partial charge < -0.3 is 11.1 Å². The van der Waals surface area contributed by atoms with Gasteiger partial charge in [-0.3, -0.25) is 0 Å². The second kappa shape index (κ2) is 5.36. The Labute approximate surface area is 96.5 Å². The molecule has 0 spiro atoms. The third kappa shape index (κ3) is 2.86. The van der Waals surface area contributed by atoms with Gasteiger partial charge in [-0.15, -0.1) is 0 Å². The van der Waals surface area contributed by atoms with E-state index < -0.39 is 0 Å². The lowest BCUT2D eigenvalue weighted by atomic mass is 10.0. The maximum Gasteiger partial charge on any atom is 0.144 e. The van der Waals surface area contributed by atoms with Crippen LogP contribution in [-0.4, -0.2) is 11.0 Å². The topological polar surface area (TPSA) is 74.7 Å². The molecule has 2 unspecified atom stereocenters. The number of nitrogen functional groups attached to an aromatic ring is 1. The van der Waals surface area contributed by atoms with Crippen LogP contribution in [0.3, 0.4) is 0 Å². The smallest absolute Gasteiger partial charge is 0.144 e. The van der Waals surface area contributed by atoms with Gasteiger partial charge >= 0.3 is 0 Å². The van der Waals surface area contributed by atoms with Crippen molar-refractivity contribution in [2.75, 3.05) is 11.1 Å². The van der Waals surface area contributed by atoms with E-state index in [9.17, 15) is 0 Å². The molecule has 1 rings (SSSR count). The average Bonchev–Trinajstić information content (AvgIpc) is 2.30. The van der Waals surface area contributed by atoms with Gasteiger partial charge in [0.1, 0.15) is 11.9 Å². The van der Waals surface area contributed by atoms with E-state index in [1.165, 1.54) is 0 Å². The highest BCUT2D eigenvalue weighted by Gasteiger charge is 2.12. The Bertz CT molecular complexity index is 394. The number of nitrogens with two attached hydrogens (primary N) is 1. The molecule has 4 nitrogen and oxygen atoms in total. The Morgan fingerprint density at radius 2 is 2.25 bits per heavy atom. The first-order valence-electron chi connectivity index (χ1n) is 5.50. The van der Waals surface area contributed by atoms with Crippen LogP contribution in [0.4, 0.5) is 11.5 Å². The molecule has 0 aliphatic rings. The van der Waals surface area contributed by atoms with Gasteiger partial charge in [-0.05, 0) is 18.9 Å². The molecule has 3 N–H and O–H groups in total. The van der Waals surface area contributed by atoms with E-state index in [2.05, 4.69) is 37.1 Å². The summed E-state index contributed by atoms with van der Waals surface area (Å²) in [4.78, 5) is 4.15. The summed E-state index contributed by atoms with van der Waals surface area (Å²) in [5.41, 5.74) is 6.59. The molecule has 0 bridgehead atoms. The number of nitrogens with zero attached hydrogens (tertiary/aromatic N) is 2. The van der Waals surface area contributed by atoms with Crippen molar-refractivity contribution < 1.29 is 0 Å². The Balaban J connectivity index is 2.85. The third-order valence-corrected chi connectivity index (χ3v) is 2.89. The average molecular weight is 218 g/mol. The summed E-state index contributed by atoms with van der Waals surface area (Å²) in [5, 5.41) is 12.2. The van der Waals surface area contributed by atoms with Crippen molar-refractivity contribution in [2.24, 2.45) is 5.92 Å². The summed E-state index contributed by atoms with van der Waals surface area (Å²) < 4.78 is 0. The fourth-order valence-electron chi connectivity index (χ4n) is 1.39. The zero-order valence-electron chi connectivity index (χ0n) is 9.99. The van der Waals surface area contributed by atoms with Gasteiger partial charge in [0.2, 0.25) is 0 Å². The quantitative estimate of drug-likeness (QED) is 0.813. The number of hydrogen-bond acceptors (Lipinski definition) is 4. The predicted octanol–water partition coefficient (Wildman–Crippen LogP) is 2.38.